The number of nitrogens with zero attached hydrogens (tertiary/aromatic N) is 1. The van der Waals surface area contributed by atoms with E-state index in [2.05, 4.69) is 0 Å². The van der Waals surface area contributed by atoms with Crippen LogP contribution < -0.4 is 5.63 Å². The van der Waals surface area contributed by atoms with E-state index >= 15 is 0 Å². The Kier molecular flexibility index (Phi) is 4.67. The van der Waals surface area contributed by atoms with Gasteiger partial charge in [0.1, 0.15) is 5.58 Å². The molecule has 0 aliphatic carbocycles. The van der Waals surface area contributed by atoms with Crippen LogP contribution in [0.15, 0.2) is 74.8 Å². The Morgan fingerprint density at radius 1 is 1.00 bits per heavy atom. The molecule has 0 N–H and O–H groups in total. The van der Waals surface area contributed by atoms with Crippen molar-refractivity contribution in [3.05, 3.63) is 87.1 Å². The van der Waals surface area contributed by atoms with Gasteiger partial charge in [-0.05, 0) is 30.0 Å². The molecule has 0 atom stereocenters. The summed E-state index contributed by atoms with van der Waals surface area (Å²) in [5.41, 5.74) is 0.413. The van der Waals surface area contributed by atoms with E-state index < -0.39 is 16.8 Å². The van der Waals surface area contributed by atoms with E-state index in [1.165, 1.54) is 6.08 Å². The van der Waals surface area contributed by atoms with E-state index in [-0.39, 0.29) is 22.8 Å². The topological polar surface area (TPSA) is 84.7 Å². The van der Waals surface area contributed by atoms with E-state index in [1.54, 1.807) is 60.7 Å². The third-order valence-corrected chi connectivity index (χ3v) is 5.13. The molecule has 4 rings (SSSR count). The van der Waals surface area contributed by atoms with Crippen LogP contribution in [0.5, 0.6) is 0 Å². The predicted molar refractivity (Wildman–Crippen MR) is 106 cm³/mol. The number of carbonyl (C=O) groups excluding carboxylic acids is 3. The number of hydrogen-bond donors (Lipinski definition) is 0. The van der Waals surface area contributed by atoms with Gasteiger partial charge in [-0.15, -0.1) is 0 Å². The maximum absolute atomic E-state index is 12.6. The summed E-state index contributed by atoms with van der Waals surface area (Å²) < 4.78 is 5.24. The van der Waals surface area contributed by atoms with Gasteiger partial charge in [0.2, 0.25) is 0 Å². The Balaban J connectivity index is 1.61. The van der Waals surface area contributed by atoms with Crippen molar-refractivity contribution in [2.24, 2.45) is 0 Å². The molecule has 0 saturated carbocycles. The highest BCUT2D eigenvalue weighted by Gasteiger charge is 2.36. The molecule has 1 aliphatic rings. The molecule has 2 heterocycles. The summed E-state index contributed by atoms with van der Waals surface area (Å²) in [5.74, 6) is -0.943. The van der Waals surface area contributed by atoms with Crippen molar-refractivity contribution in [2.45, 2.75) is 0 Å². The lowest BCUT2D eigenvalue weighted by Gasteiger charge is -2.11. The molecule has 3 aromatic rings. The fourth-order valence-electron chi connectivity index (χ4n) is 2.82. The average molecular weight is 391 g/mol. The van der Waals surface area contributed by atoms with Gasteiger partial charge in [-0.1, -0.05) is 48.5 Å². The van der Waals surface area contributed by atoms with Crippen molar-refractivity contribution in [1.29, 1.82) is 0 Å². The molecule has 2 amide bonds. The van der Waals surface area contributed by atoms with Crippen LogP contribution in [0.1, 0.15) is 15.9 Å². The van der Waals surface area contributed by atoms with Crippen LogP contribution in [0, 0.1) is 0 Å². The second-order valence-corrected chi connectivity index (χ2v) is 7.08. The Hall–Kier alpha value is -3.45. The third kappa shape index (κ3) is 3.39. The van der Waals surface area contributed by atoms with Gasteiger partial charge < -0.3 is 4.42 Å². The van der Waals surface area contributed by atoms with Gasteiger partial charge >= 0.3 is 5.63 Å². The lowest BCUT2D eigenvalue weighted by atomic mass is 10.1. The summed E-state index contributed by atoms with van der Waals surface area (Å²) in [6, 6.07) is 17.0. The summed E-state index contributed by atoms with van der Waals surface area (Å²) in [4.78, 5) is 50.3. The van der Waals surface area contributed by atoms with E-state index in [9.17, 15) is 19.2 Å². The maximum Gasteiger partial charge on any atom is 0.343 e. The number of ketones is 1. The standard InChI is InChI=1S/C21H13NO5S/c23-16(13-6-2-1-3-7-13)12-22-19(24)18(28-21(22)26)11-15-10-14-8-4-5-9-17(14)27-20(15)25/h1-11H,12H2/b18-11+. The zero-order valence-electron chi connectivity index (χ0n) is 14.5. The van der Waals surface area contributed by atoms with Crippen molar-refractivity contribution in [3.8, 4) is 0 Å². The first kappa shape index (κ1) is 17.9. The third-order valence-electron chi connectivity index (χ3n) is 4.23. The fourth-order valence-corrected chi connectivity index (χ4v) is 3.64. The molecule has 1 aromatic heterocycles. The second-order valence-electron chi connectivity index (χ2n) is 6.08. The number of benzene rings is 2. The normalized spacial score (nSPS) is 15.6. The smallest absolute Gasteiger partial charge is 0.343 e. The number of imide groups is 1. The predicted octanol–water partition coefficient (Wildman–Crippen LogP) is 3.71. The Morgan fingerprint density at radius 2 is 1.71 bits per heavy atom. The van der Waals surface area contributed by atoms with E-state index in [0.29, 0.717) is 28.3 Å². The Bertz CT molecular complexity index is 1200. The lowest BCUT2D eigenvalue weighted by molar-refractivity contribution is -0.122. The molecule has 0 radical (unpaired) electrons. The van der Waals surface area contributed by atoms with Crippen molar-refractivity contribution in [1.82, 2.24) is 4.90 Å². The Morgan fingerprint density at radius 3 is 2.50 bits per heavy atom. The van der Waals surface area contributed by atoms with Gasteiger partial charge in [-0.2, -0.15) is 0 Å². The molecule has 0 unspecified atom stereocenters. The van der Waals surface area contributed by atoms with Crippen LogP contribution in [-0.2, 0) is 4.79 Å². The molecule has 7 heteroatoms. The molecule has 6 nitrogen and oxygen atoms in total. The first-order valence-corrected chi connectivity index (χ1v) is 9.21. The summed E-state index contributed by atoms with van der Waals surface area (Å²) in [5, 5.41) is 0.151. The van der Waals surface area contributed by atoms with Crippen LogP contribution in [0.25, 0.3) is 17.0 Å². The second kappa shape index (κ2) is 7.28. The van der Waals surface area contributed by atoms with Crippen LogP contribution in [-0.4, -0.2) is 28.4 Å². The molecule has 1 aliphatic heterocycles. The summed E-state index contributed by atoms with van der Waals surface area (Å²) in [7, 11) is 0. The minimum absolute atomic E-state index is 0.0773. The number of thioether (sulfide) groups is 1. The molecule has 1 fully saturated rings. The summed E-state index contributed by atoms with van der Waals surface area (Å²) in [6.45, 7) is -0.349. The van der Waals surface area contributed by atoms with Gasteiger partial charge in [0.25, 0.3) is 11.1 Å². The molecular weight excluding hydrogens is 378 g/mol. The highest BCUT2D eigenvalue weighted by Crippen LogP contribution is 2.32. The van der Waals surface area contributed by atoms with Crippen LogP contribution in [0.3, 0.4) is 0 Å². The SMILES string of the molecule is O=C(CN1C(=O)S/C(=C/c2cc3ccccc3oc2=O)C1=O)c1ccccc1. The number of para-hydroxylation sites is 1. The zero-order chi connectivity index (χ0) is 19.7. The van der Waals surface area contributed by atoms with Crippen LogP contribution in [0.2, 0.25) is 0 Å². The van der Waals surface area contributed by atoms with Crippen molar-refractivity contribution < 1.29 is 18.8 Å². The number of carbonyl (C=O) groups is 3. The molecule has 2 aromatic carbocycles. The number of fused-ring (bicyclic) bond motifs is 1. The monoisotopic (exact) mass is 391 g/mol. The minimum Gasteiger partial charge on any atom is -0.422 e. The molecule has 0 spiro atoms. The van der Waals surface area contributed by atoms with Crippen molar-refractivity contribution >= 4 is 45.7 Å². The van der Waals surface area contributed by atoms with Gasteiger partial charge in [0.15, 0.2) is 5.78 Å². The van der Waals surface area contributed by atoms with Crippen LogP contribution in [0.4, 0.5) is 4.79 Å². The van der Waals surface area contributed by atoms with Gasteiger partial charge in [-0.25, -0.2) is 4.79 Å². The molecular formula is C21H13NO5S. The first-order valence-electron chi connectivity index (χ1n) is 8.39. The van der Waals surface area contributed by atoms with E-state index in [4.69, 9.17) is 4.42 Å². The summed E-state index contributed by atoms with van der Waals surface area (Å²) >= 11 is 0.694. The van der Waals surface area contributed by atoms with Crippen molar-refractivity contribution in [3.63, 3.8) is 0 Å². The molecule has 1 saturated heterocycles. The van der Waals surface area contributed by atoms with Gasteiger partial charge in [0, 0.05) is 10.9 Å². The summed E-state index contributed by atoms with van der Waals surface area (Å²) in [6.07, 6.45) is 1.33. The van der Waals surface area contributed by atoms with Gasteiger partial charge in [-0.3, -0.25) is 19.3 Å². The number of rotatable bonds is 4. The quantitative estimate of drug-likeness (QED) is 0.383. The highest BCUT2D eigenvalue weighted by molar-refractivity contribution is 8.18. The number of hydrogen-bond acceptors (Lipinski definition) is 6. The average Bonchev–Trinajstić information content (AvgIpc) is 2.96. The first-order chi connectivity index (χ1) is 13.5. The molecule has 138 valence electrons. The lowest BCUT2D eigenvalue weighted by Crippen LogP contribution is -2.33. The number of amides is 2. The zero-order valence-corrected chi connectivity index (χ0v) is 15.3. The van der Waals surface area contributed by atoms with E-state index in [1.807, 2.05) is 0 Å². The van der Waals surface area contributed by atoms with Crippen LogP contribution >= 0.6 is 11.8 Å². The van der Waals surface area contributed by atoms with Crippen molar-refractivity contribution in [2.75, 3.05) is 6.54 Å². The molecule has 28 heavy (non-hydrogen) atoms. The van der Waals surface area contributed by atoms with E-state index in [0.717, 1.165) is 4.90 Å². The number of Topliss-reactive ketones (excluding diaryl/α,β-unsaturated/α-hetero) is 1. The largest absolute Gasteiger partial charge is 0.422 e. The highest BCUT2D eigenvalue weighted by atomic mass is 32.2. The Labute approximate surface area is 163 Å². The maximum atomic E-state index is 12.6. The fraction of sp³-hybridized carbons (Fsp3) is 0.0476. The molecule has 0 bridgehead atoms. The minimum atomic E-state index is -0.606. The van der Waals surface area contributed by atoms with Gasteiger partial charge in [0.05, 0.1) is 17.0 Å².